The third-order valence-electron chi connectivity index (χ3n) is 1.47. The first kappa shape index (κ1) is 10.2. The van der Waals surface area contributed by atoms with Gasteiger partial charge in [0.25, 0.3) is 0 Å². The SMILES string of the molecule is OCC(O)CNc1ncccc1Cl. The number of nitrogens with zero attached hydrogens (tertiary/aromatic N) is 1. The van der Waals surface area contributed by atoms with Crippen LogP contribution in [-0.4, -0.2) is 34.5 Å². The van der Waals surface area contributed by atoms with E-state index in [-0.39, 0.29) is 13.2 Å². The number of halogens is 1. The van der Waals surface area contributed by atoms with Crippen molar-refractivity contribution >= 4 is 17.4 Å². The topological polar surface area (TPSA) is 65.4 Å². The van der Waals surface area contributed by atoms with Crippen LogP contribution >= 0.6 is 11.6 Å². The van der Waals surface area contributed by atoms with Gasteiger partial charge in [0.1, 0.15) is 5.82 Å². The van der Waals surface area contributed by atoms with Crippen LogP contribution in [0.5, 0.6) is 0 Å². The molecular weight excluding hydrogens is 192 g/mol. The molecule has 0 spiro atoms. The average Bonchev–Trinajstić information content (AvgIpc) is 2.16. The lowest BCUT2D eigenvalue weighted by atomic mass is 10.3. The predicted molar refractivity (Wildman–Crippen MR) is 50.8 cm³/mol. The van der Waals surface area contributed by atoms with Gasteiger partial charge in [0, 0.05) is 12.7 Å². The number of nitrogens with one attached hydrogen (secondary N) is 1. The Hall–Kier alpha value is -0.840. The first-order valence-electron chi connectivity index (χ1n) is 3.87. The van der Waals surface area contributed by atoms with Crippen molar-refractivity contribution in [3.8, 4) is 0 Å². The molecule has 0 aliphatic carbocycles. The van der Waals surface area contributed by atoms with Gasteiger partial charge in [0.15, 0.2) is 0 Å². The lowest BCUT2D eigenvalue weighted by Crippen LogP contribution is -2.23. The minimum absolute atomic E-state index is 0.229. The molecule has 0 aromatic carbocycles. The van der Waals surface area contributed by atoms with E-state index in [0.29, 0.717) is 10.8 Å². The highest BCUT2D eigenvalue weighted by Gasteiger charge is 2.03. The van der Waals surface area contributed by atoms with Crippen LogP contribution in [0.25, 0.3) is 0 Å². The maximum atomic E-state index is 9.03. The van der Waals surface area contributed by atoms with Gasteiger partial charge in [0.05, 0.1) is 17.7 Å². The molecule has 1 rings (SSSR count). The van der Waals surface area contributed by atoms with E-state index in [0.717, 1.165) is 0 Å². The lowest BCUT2D eigenvalue weighted by molar-refractivity contribution is 0.105. The van der Waals surface area contributed by atoms with Crippen LogP contribution in [0.3, 0.4) is 0 Å². The molecule has 1 atom stereocenters. The smallest absolute Gasteiger partial charge is 0.144 e. The van der Waals surface area contributed by atoms with Crippen molar-refractivity contribution in [1.82, 2.24) is 4.98 Å². The number of hydrogen-bond acceptors (Lipinski definition) is 4. The van der Waals surface area contributed by atoms with Crippen LogP contribution in [0.15, 0.2) is 18.3 Å². The highest BCUT2D eigenvalue weighted by Crippen LogP contribution is 2.16. The zero-order chi connectivity index (χ0) is 9.68. The van der Waals surface area contributed by atoms with Crippen molar-refractivity contribution < 1.29 is 10.2 Å². The summed E-state index contributed by atoms with van der Waals surface area (Å²) in [6.07, 6.45) is 0.803. The standard InChI is InChI=1S/C8H11ClN2O2/c9-7-2-1-3-10-8(7)11-4-6(13)5-12/h1-3,6,12-13H,4-5H2,(H,10,11). The highest BCUT2D eigenvalue weighted by atomic mass is 35.5. The fourth-order valence-corrected chi connectivity index (χ4v) is 0.983. The maximum Gasteiger partial charge on any atom is 0.144 e. The monoisotopic (exact) mass is 202 g/mol. The number of hydrogen-bond donors (Lipinski definition) is 3. The summed E-state index contributed by atoms with van der Waals surface area (Å²) in [5.74, 6) is 0.511. The Balaban J connectivity index is 2.50. The zero-order valence-corrected chi connectivity index (χ0v) is 7.70. The van der Waals surface area contributed by atoms with E-state index < -0.39 is 6.10 Å². The summed E-state index contributed by atoms with van der Waals surface area (Å²) in [7, 11) is 0. The van der Waals surface area contributed by atoms with Gasteiger partial charge in [-0.25, -0.2) is 4.98 Å². The normalized spacial score (nSPS) is 12.5. The first-order valence-corrected chi connectivity index (χ1v) is 4.25. The summed E-state index contributed by atoms with van der Waals surface area (Å²) >= 11 is 5.78. The van der Waals surface area contributed by atoms with E-state index in [1.165, 1.54) is 0 Å². The van der Waals surface area contributed by atoms with Gasteiger partial charge in [-0.3, -0.25) is 0 Å². The predicted octanol–water partition coefficient (Wildman–Crippen LogP) is 0.500. The van der Waals surface area contributed by atoms with E-state index in [2.05, 4.69) is 10.3 Å². The third kappa shape index (κ3) is 3.18. The second-order valence-corrected chi connectivity index (χ2v) is 2.96. The van der Waals surface area contributed by atoms with Crippen molar-refractivity contribution in [2.24, 2.45) is 0 Å². The number of aliphatic hydroxyl groups is 2. The third-order valence-corrected chi connectivity index (χ3v) is 1.78. The van der Waals surface area contributed by atoms with E-state index in [9.17, 15) is 0 Å². The Bertz CT molecular complexity index is 270. The summed E-state index contributed by atoms with van der Waals surface area (Å²) in [6.45, 7) is -0.0509. The maximum absolute atomic E-state index is 9.03. The van der Waals surface area contributed by atoms with Gasteiger partial charge in [-0.05, 0) is 12.1 Å². The summed E-state index contributed by atoms with van der Waals surface area (Å²) < 4.78 is 0. The Morgan fingerprint density at radius 1 is 1.62 bits per heavy atom. The minimum Gasteiger partial charge on any atom is -0.394 e. The van der Waals surface area contributed by atoms with Crippen molar-refractivity contribution in [2.75, 3.05) is 18.5 Å². The fraction of sp³-hybridized carbons (Fsp3) is 0.375. The average molecular weight is 203 g/mol. The first-order chi connectivity index (χ1) is 6.24. The van der Waals surface area contributed by atoms with Crippen LogP contribution < -0.4 is 5.32 Å². The molecule has 0 aliphatic rings. The largest absolute Gasteiger partial charge is 0.394 e. The molecule has 72 valence electrons. The van der Waals surface area contributed by atoms with Gasteiger partial charge in [-0.2, -0.15) is 0 Å². The van der Waals surface area contributed by atoms with E-state index in [4.69, 9.17) is 21.8 Å². The Morgan fingerprint density at radius 3 is 3.00 bits per heavy atom. The summed E-state index contributed by atoms with van der Waals surface area (Å²) in [6, 6.07) is 3.41. The van der Waals surface area contributed by atoms with Crippen molar-refractivity contribution in [2.45, 2.75) is 6.10 Å². The van der Waals surface area contributed by atoms with Crippen molar-refractivity contribution in [3.05, 3.63) is 23.4 Å². The summed E-state index contributed by atoms with van der Waals surface area (Å²) in [5.41, 5.74) is 0. The van der Waals surface area contributed by atoms with Crippen LogP contribution in [0.1, 0.15) is 0 Å². The lowest BCUT2D eigenvalue weighted by Gasteiger charge is -2.09. The van der Waals surface area contributed by atoms with E-state index >= 15 is 0 Å². The summed E-state index contributed by atoms with van der Waals surface area (Å²) in [4.78, 5) is 3.95. The van der Waals surface area contributed by atoms with Gasteiger partial charge >= 0.3 is 0 Å². The Morgan fingerprint density at radius 2 is 2.38 bits per heavy atom. The molecule has 0 saturated heterocycles. The molecule has 1 heterocycles. The quantitative estimate of drug-likeness (QED) is 0.666. The molecule has 1 aromatic rings. The number of aromatic nitrogens is 1. The molecule has 4 nitrogen and oxygen atoms in total. The van der Waals surface area contributed by atoms with E-state index in [1.54, 1.807) is 18.3 Å². The summed E-state index contributed by atoms with van der Waals surface area (Å²) in [5, 5.41) is 20.9. The molecule has 1 unspecified atom stereocenters. The van der Waals surface area contributed by atoms with Gasteiger partial charge in [-0.1, -0.05) is 11.6 Å². The Labute approximate surface area is 81.2 Å². The van der Waals surface area contributed by atoms with Gasteiger partial charge in [0.2, 0.25) is 0 Å². The second kappa shape index (κ2) is 5.01. The molecule has 13 heavy (non-hydrogen) atoms. The molecule has 0 aliphatic heterocycles. The number of aliphatic hydroxyl groups excluding tert-OH is 2. The van der Waals surface area contributed by atoms with Crippen LogP contribution in [0.2, 0.25) is 5.02 Å². The number of rotatable bonds is 4. The molecule has 0 saturated carbocycles. The highest BCUT2D eigenvalue weighted by molar-refractivity contribution is 6.32. The molecule has 0 radical (unpaired) electrons. The van der Waals surface area contributed by atoms with Crippen molar-refractivity contribution in [1.29, 1.82) is 0 Å². The molecule has 0 bridgehead atoms. The van der Waals surface area contributed by atoms with Gasteiger partial charge in [-0.15, -0.1) is 0 Å². The molecule has 0 fully saturated rings. The molecule has 5 heteroatoms. The van der Waals surface area contributed by atoms with Crippen molar-refractivity contribution in [3.63, 3.8) is 0 Å². The molecule has 0 amide bonds. The zero-order valence-electron chi connectivity index (χ0n) is 6.94. The number of anilines is 1. The molecular formula is C8H11ClN2O2. The molecule has 3 N–H and O–H groups in total. The number of pyridine rings is 1. The van der Waals surface area contributed by atoms with Gasteiger partial charge < -0.3 is 15.5 Å². The van der Waals surface area contributed by atoms with Crippen LogP contribution in [0.4, 0.5) is 5.82 Å². The minimum atomic E-state index is -0.793. The second-order valence-electron chi connectivity index (χ2n) is 2.55. The van der Waals surface area contributed by atoms with E-state index in [1.807, 2.05) is 0 Å². The molecule has 1 aromatic heterocycles. The van der Waals surface area contributed by atoms with Crippen LogP contribution in [-0.2, 0) is 0 Å². The fourth-order valence-electron chi connectivity index (χ4n) is 0.795. The Kier molecular flexibility index (Phi) is 3.95. The van der Waals surface area contributed by atoms with Crippen LogP contribution in [0, 0.1) is 0 Å².